The molecule has 1 N–H and O–H groups in total. The van der Waals surface area contributed by atoms with E-state index in [9.17, 15) is 14.7 Å². The highest BCUT2D eigenvalue weighted by Crippen LogP contribution is 2.41. The Kier molecular flexibility index (Phi) is 10.6. The first kappa shape index (κ1) is 34.9. The topological polar surface area (TPSA) is 131 Å². The van der Waals surface area contributed by atoms with Crippen LogP contribution >= 0.6 is 0 Å². The van der Waals surface area contributed by atoms with Crippen LogP contribution in [0.15, 0.2) is 41.1 Å². The fourth-order valence-corrected chi connectivity index (χ4v) is 7.40. The Morgan fingerprint density at radius 2 is 1.69 bits per heavy atom. The molecule has 264 valence electrons. The number of hydrogen-bond donors (Lipinski definition) is 1. The van der Waals surface area contributed by atoms with E-state index < -0.39 is 11.7 Å². The van der Waals surface area contributed by atoms with Crippen LogP contribution in [-0.2, 0) is 9.53 Å². The molecule has 3 aromatic heterocycles. The van der Waals surface area contributed by atoms with E-state index in [0.717, 1.165) is 72.8 Å². The van der Waals surface area contributed by atoms with Crippen molar-refractivity contribution >= 4 is 17.8 Å². The summed E-state index contributed by atoms with van der Waals surface area (Å²) in [6.07, 6.45) is 11.5. The normalized spacial score (nSPS) is 22.7. The molecule has 0 bridgehead atoms. The molecule has 2 amide bonds. The lowest BCUT2D eigenvalue weighted by molar-refractivity contribution is -0.124. The molecule has 0 atom stereocenters. The molecule has 0 spiro atoms. The predicted octanol–water partition coefficient (Wildman–Crippen LogP) is 7.03. The number of aromatic nitrogens is 3. The molecule has 3 aliphatic rings. The largest absolute Gasteiger partial charge is 0.495 e. The second-order valence-corrected chi connectivity index (χ2v) is 15.0. The lowest BCUT2D eigenvalue weighted by Crippen LogP contribution is -2.43. The lowest BCUT2D eigenvalue weighted by atomic mass is 9.79. The SMILES string of the molecule is COc1ccc([C@H]2CC[C@H](CN(c3cc(-c4coc(C5CC5)n4)ccn3)C(=O)[C@H]3CC[C@H](OC(=O)N(C)CC(C)(C)O)CC3)CC2)nc1C. The Bertz CT molecular complexity index is 1600. The smallest absolute Gasteiger partial charge is 0.409 e. The predicted molar refractivity (Wildman–Crippen MR) is 185 cm³/mol. The second kappa shape index (κ2) is 14.9. The summed E-state index contributed by atoms with van der Waals surface area (Å²) in [5.41, 5.74) is 2.66. The quantitative estimate of drug-likeness (QED) is 0.228. The van der Waals surface area contributed by atoms with E-state index >= 15 is 0 Å². The summed E-state index contributed by atoms with van der Waals surface area (Å²) < 4.78 is 16.9. The number of methoxy groups -OCH3 is 1. The maximum atomic E-state index is 14.4. The molecule has 0 radical (unpaired) electrons. The number of pyridine rings is 2. The van der Waals surface area contributed by atoms with Crippen LogP contribution in [0.25, 0.3) is 11.3 Å². The van der Waals surface area contributed by atoms with E-state index in [1.807, 2.05) is 30.0 Å². The fourth-order valence-electron chi connectivity index (χ4n) is 7.40. The van der Waals surface area contributed by atoms with Gasteiger partial charge in [-0.05, 0) is 115 Å². The Labute approximate surface area is 289 Å². The molecule has 49 heavy (non-hydrogen) atoms. The highest BCUT2D eigenvalue weighted by atomic mass is 16.6. The van der Waals surface area contributed by atoms with Crippen LogP contribution in [0.3, 0.4) is 0 Å². The Morgan fingerprint density at radius 1 is 0.980 bits per heavy atom. The minimum atomic E-state index is -1.01. The van der Waals surface area contributed by atoms with E-state index in [0.29, 0.717) is 55.8 Å². The third-order valence-corrected chi connectivity index (χ3v) is 10.2. The molecule has 0 aliphatic heterocycles. The van der Waals surface area contributed by atoms with Gasteiger partial charge < -0.3 is 23.9 Å². The van der Waals surface area contributed by atoms with Gasteiger partial charge in [0.2, 0.25) is 5.91 Å². The Hall–Kier alpha value is -3.99. The number of carbonyl (C=O) groups is 2. The summed E-state index contributed by atoms with van der Waals surface area (Å²) in [4.78, 5) is 44.6. The van der Waals surface area contributed by atoms with Gasteiger partial charge in [0, 0.05) is 48.8 Å². The van der Waals surface area contributed by atoms with Crippen molar-refractivity contribution in [2.24, 2.45) is 11.8 Å². The summed E-state index contributed by atoms with van der Waals surface area (Å²) in [5, 5.41) is 10.1. The zero-order chi connectivity index (χ0) is 34.7. The zero-order valence-electron chi connectivity index (χ0n) is 29.6. The number of amides is 2. The van der Waals surface area contributed by atoms with Gasteiger partial charge in [0.25, 0.3) is 0 Å². The van der Waals surface area contributed by atoms with Crippen molar-refractivity contribution < 1.29 is 28.6 Å². The lowest BCUT2D eigenvalue weighted by Gasteiger charge is -2.36. The van der Waals surface area contributed by atoms with Crippen molar-refractivity contribution in [1.29, 1.82) is 0 Å². The number of hydrogen-bond acceptors (Lipinski definition) is 9. The van der Waals surface area contributed by atoms with Gasteiger partial charge >= 0.3 is 6.09 Å². The number of aliphatic hydroxyl groups is 1. The Morgan fingerprint density at radius 3 is 2.35 bits per heavy atom. The molecule has 3 saturated carbocycles. The maximum absolute atomic E-state index is 14.4. The highest BCUT2D eigenvalue weighted by Gasteiger charge is 2.35. The fraction of sp³-hybridized carbons (Fsp3) is 0.605. The van der Waals surface area contributed by atoms with Gasteiger partial charge in [0.1, 0.15) is 29.6 Å². The minimum Gasteiger partial charge on any atom is -0.495 e. The van der Waals surface area contributed by atoms with Crippen molar-refractivity contribution in [3.8, 4) is 17.0 Å². The molecular weight excluding hydrogens is 622 g/mol. The molecule has 3 aliphatic carbocycles. The number of likely N-dealkylation sites (N-methyl/N-ethyl adjacent to an activating group) is 1. The molecule has 3 aromatic rings. The second-order valence-electron chi connectivity index (χ2n) is 15.0. The number of ether oxygens (including phenoxy) is 2. The van der Waals surface area contributed by atoms with Crippen molar-refractivity contribution in [1.82, 2.24) is 19.9 Å². The zero-order valence-corrected chi connectivity index (χ0v) is 29.6. The van der Waals surface area contributed by atoms with E-state index in [-0.39, 0.29) is 24.5 Å². The van der Waals surface area contributed by atoms with Crippen molar-refractivity contribution in [2.45, 2.75) is 109 Å². The van der Waals surface area contributed by atoms with Gasteiger partial charge in [-0.1, -0.05) is 0 Å². The third-order valence-electron chi connectivity index (χ3n) is 10.2. The maximum Gasteiger partial charge on any atom is 0.409 e. The first-order chi connectivity index (χ1) is 23.5. The standard InChI is InChI=1S/C38H51N5O6/c1-24-33(47-5)17-16-31(40-24)26-8-6-25(7-9-26)21-43(34-20-29(18-19-39-34)32-22-48-35(41-32)27-10-11-27)36(44)28-12-14-30(15-13-28)49-37(45)42(4)23-38(2,3)46/h16-20,22,25-28,30,46H,6-15,21,23H2,1-5H3/t25-,26-,28-,30-. The van der Waals surface area contributed by atoms with Gasteiger partial charge in [0.15, 0.2) is 5.89 Å². The van der Waals surface area contributed by atoms with Crippen LogP contribution < -0.4 is 9.64 Å². The molecule has 11 heteroatoms. The number of carbonyl (C=O) groups excluding carboxylic acids is 2. The molecule has 11 nitrogen and oxygen atoms in total. The van der Waals surface area contributed by atoms with E-state index in [2.05, 4.69) is 6.07 Å². The first-order valence-electron chi connectivity index (χ1n) is 17.9. The van der Waals surface area contributed by atoms with Crippen LogP contribution in [0, 0.1) is 18.8 Å². The van der Waals surface area contributed by atoms with Gasteiger partial charge in [-0.2, -0.15) is 0 Å². The van der Waals surface area contributed by atoms with Crippen molar-refractivity contribution in [3.05, 3.63) is 54.0 Å². The van der Waals surface area contributed by atoms with Gasteiger partial charge in [-0.25, -0.2) is 14.8 Å². The first-order valence-corrected chi connectivity index (χ1v) is 17.9. The van der Waals surface area contributed by atoms with Crippen LogP contribution in [0.2, 0.25) is 0 Å². The molecule has 0 aromatic carbocycles. The van der Waals surface area contributed by atoms with Gasteiger partial charge in [-0.3, -0.25) is 14.7 Å². The minimum absolute atomic E-state index is 0.0713. The molecule has 3 fully saturated rings. The monoisotopic (exact) mass is 673 g/mol. The summed E-state index contributed by atoms with van der Waals surface area (Å²) in [6, 6.07) is 7.98. The molecule has 0 saturated heterocycles. The van der Waals surface area contributed by atoms with E-state index in [1.165, 1.54) is 4.90 Å². The number of oxazole rings is 1. The van der Waals surface area contributed by atoms with Crippen molar-refractivity contribution in [3.63, 3.8) is 0 Å². The van der Waals surface area contributed by atoms with Crippen molar-refractivity contribution in [2.75, 3.05) is 32.1 Å². The number of anilines is 1. The molecular formula is C38H51N5O6. The summed E-state index contributed by atoms with van der Waals surface area (Å²) in [6.45, 7) is 6.07. The highest BCUT2D eigenvalue weighted by molar-refractivity contribution is 5.94. The van der Waals surface area contributed by atoms with Gasteiger partial charge in [-0.15, -0.1) is 0 Å². The average molecular weight is 674 g/mol. The summed E-state index contributed by atoms with van der Waals surface area (Å²) in [5.74, 6) is 3.24. The Balaban J connectivity index is 1.14. The third kappa shape index (κ3) is 8.79. The van der Waals surface area contributed by atoms with Crippen LogP contribution in [-0.4, -0.2) is 75.9 Å². The van der Waals surface area contributed by atoms with E-state index in [1.54, 1.807) is 40.5 Å². The van der Waals surface area contributed by atoms with Crippen LogP contribution in [0.4, 0.5) is 10.6 Å². The average Bonchev–Trinajstić information content (AvgIpc) is 3.82. The number of aryl methyl sites for hydroxylation is 1. The molecule has 3 heterocycles. The van der Waals surface area contributed by atoms with E-state index in [4.69, 9.17) is 28.8 Å². The van der Waals surface area contributed by atoms with Gasteiger partial charge in [0.05, 0.1) is 24.9 Å². The van der Waals surface area contributed by atoms with Crippen LogP contribution in [0.1, 0.15) is 107 Å². The summed E-state index contributed by atoms with van der Waals surface area (Å²) in [7, 11) is 3.30. The van der Waals surface area contributed by atoms with Crippen LogP contribution in [0.5, 0.6) is 5.75 Å². The number of rotatable bonds is 11. The number of nitrogens with zero attached hydrogens (tertiary/aromatic N) is 5. The molecule has 6 rings (SSSR count). The molecule has 0 unspecified atom stereocenters. The summed E-state index contributed by atoms with van der Waals surface area (Å²) >= 11 is 0.